The highest BCUT2D eigenvalue weighted by atomic mass is 16.4. The number of amides is 3. The third kappa shape index (κ3) is 6.62. The Labute approximate surface area is 225 Å². The van der Waals surface area contributed by atoms with Crippen LogP contribution in [0.25, 0.3) is 10.9 Å². The molecule has 11 heteroatoms. The largest absolute Gasteiger partial charge is 0.480 e. The van der Waals surface area contributed by atoms with E-state index in [1.54, 1.807) is 30.5 Å². The van der Waals surface area contributed by atoms with Crippen LogP contribution >= 0.6 is 0 Å². The van der Waals surface area contributed by atoms with E-state index in [2.05, 4.69) is 15.6 Å². The lowest BCUT2D eigenvalue weighted by Gasteiger charge is -2.28. The van der Waals surface area contributed by atoms with Crippen molar-refractivity contribution in [2.75, 3.05) is 13.2 Å². The van der Waals surface area contributed by atoms with Crippen molar-refractivity contribution in [2.45, 2.75) is 49.9 Å². The van der Waals surface area contributed by atoms with Gasteiger partial charge in [0.15, 0.2) is 0 Å². The van der Waals surface area contributed by atoms with Crippen LogP contribution in [0.1, 0.15) is 24.0 Å². The zero-order valence-electron chi connectivity index (χ0n) is 21.4. The smallest absolute Gasteiger partial charge is 0.326 e. The summed E-state index contributed by atoms with van der Waals surface area (Å²) in [4.78, 5) is 55.3. The highest BCUT2D eigenvalue weighted by molar-refractivity contribution is 5.95. The predicted octanol–water partition coefficient (Wildman–Crippen LogP) is 0.318. The molecule has 3 amide bonds. The SMILES string of the molecule is NC(Cc1c[nH]c2ccccc12)C(=O)NC(Cc1ccccc1)C(=O)NC(CO)C(=O)N1CCCC1C(=O)O. The number of nitrogens with zero attached hydrogens (tertiary/aromatic N) is 1. The van der Waals surface area contributed by atoms with Gasteiger partial charge >= 0.3 is 5.97 Å². The van der Waals surface area contributed by atoms with Crippen molar-refractivity contribution >= 4 is 34.6 Å². The van der Waals surface area contributed by atoms with Crippen molar-refractivity contribution in [1.82, 2.24) is 20.5 Å². The summed E-state index contributed by atoms with van der Waals surface area (Å²) in [5, 5.41) is 25.5. The molecule has 1 aliphatic rings. The number of aliphatic hydroxyl groups is 1. The van der Waals surface area contributed by atoms with Gasteiger partial charge in [-0.15, -0.1) is 0 Å². The molecule has 0 bridgehead atoms. The fraction of sp³-hybridized carbons (Fsp3) is 0.357. The van der Waals surface area contributed by atoms with Gasteiger partial charge < -0.3 is 36.5 Å². The summed E-state index contributed by atoms with van der Waals surface area (Å²) in [5.41, 5.74) is 8.78. The van der Waals surface area contributed by atoms with Crippen LogP contribution in [0, 0.1) is 0 Å². The van der Waals surface area contributed by atoms with Crippen LogP contribution in [0.2, 0.25) is 0 Å². The molecule has 11 nitrogen and oxygen atoms in total. The first-order chi connectivity index (χ1) is 18.8. The van der Waals surface area contributed by atoms with Crippen molar-refractivity contribution in [3.63, 3.8) is 0 Å². The Hall–Kier alpha value is -4.22. The topological polar surface area (TPSA) is 178 Å². The molecular formula is C28H33N5O6. The van der Waals surface area contributed by atoms with Crippen LogP contribution in [0.15, 0.2) is 60.8 Å². The normalized spacial score (nSPS) is 17.4. The second-order valence-electron chi connectivity index (χ2n) is 9.69. The van der Waals surface area contributed by atoms with E-state index in [0.29, 0.717) is 12.8 Å². The third-order valence-corrected chi connectivity index (χ3v) is 6.99. The zero-order valence-corrected chi connectivity index (χ0v) is 21.4. The fourth-order valence-corrected chi connectivity index (χ4v) is 4.91. The summed E-state index contributed by atoms with van der Waals surface area (Å²) in [5.74, 6) is -3.06. The molecule has 1 aromatic heterocycles. The first-order valence-corrected chi connectivity index (χ1v) is 12.9. The van der Waals surface area contributed by atoms with Gasteiger partial charge in [-0.3, -0.25) is 14.4 Å². The predicted molar refractivity (Wildman–Crippen MR) is 143 cm³/mol. The molecular weight excluding hydrogens is 502 g/mol. The number of carboxylic acid groups (broad SMARTS) is 1. The Morgan fingerprint density at radius 3 is 2.38 bits per heavy atom. The third-order valence-electron chi connectivity index (χ3n) is 6.99. The number of nitrogens with one attached hydrogen (secondary N) is 3. The van der Waals surface area contributed by atoms with Gasteiger partial charge in [0.25, 0.3) is 0 Å². The molecule has 0 aliphatic carbocycles. The Bertz CT molecular complexity index is 1330. The zero-order chi connectivity index (χ0) is 27.9. The highest BCUT2D eigenvalue weighted by Gasteiger charge is 2.38. The molecule has 4 unspecified atom stereocenters. The second-order valence-corrected chi connectivity index (χ2v) is 9.69. The van der Waals surface area contributed by atoms with Gasteiger partial charge in [-0.05, 0) is 36.5 Å². The maximum atomic E-state index is 13.3. The highest BCUT2D eigenvalue weighted by Crippen LogP contribution is 2.20. The minimum absolute atomic E-state index is 0.117. The van der Waals surface area contributed by atoms with Gasteiger partial charge in [0.2, 0.25) is 17.7 Å². The van der Waals surface area contributed by atoms with Crippen LogP contribution in [0.4, 0.5) is 0 Å². The first-order valence-electron chi connectivity index (χ1n) is 12.9. The molecule has 2 heterocycles. The molecule has 206 valence electrons. The molecule has 1 saturated heterocycles. The summed E-state index contributed by atoms with van der Waals surface area (Å²) < 4.78 is 0. The van der Waals surface area contributed by atoms with Gasteiger partial charge in [-0.1, -0.05) is 48.5 Å². The van der Waals surface area contributed by atoms with Crippen molar-refractivity contribution in [3.05, 3.63) is 71.9 Å². The summed E-state index contributed by atoms with van der Waals surface area (Å²) in [6, 6.07) is 12.3. The first kappa shape index (κ1) is 27.8. The second kappa shape index (κ2) is 12.5. The molecule has 0 saturated carbocycles. The van der Waals surface area contributed by atoms with E-state index in [1.807, 2.05) is 30.3 Å². The van der Waals surface area contributed by atoms with Crippen LogP contribution in [0.5, 0.6) is 0 Å². The molecule has 0 spiro atoms. The summed E-state index contributed by atoms with van der Waals surface area (Å²) >= 11 is 0. The van der Waals surface area contributed by atoms with Crippen LogP contribution < -0.4 is 16.4 Å². The number of carbonyl (C=O) groups is 4. The van der Waals surface area contributed by atoms with Gasteiger partial charge in [-0.25, -0.2) is 4.79 Å². The lowest BCUT2D eigenvalue weighted by Crippen LogP contribution is -2.58. The van der Waals surface area contributed by atoms with Crippen LogP contribution in [-0.2, 0) is 32.0 Å². The minimum Gasteiger partial charge on any atom is -0.480 e. The molecule has 4 rings (SSSR count). The number of carboxylic acids is 1. The number of H-pyrrole nitrogens is 1. The van der Waals surface area contributed by atoms with Gasteiger partial charge in [0, 0.05) is 30.1 Å². The summed E-state index contributed by atoms with van der Waals surface area (Å²) in [6.45, 7) is -0.505. The Morgan fingerprint density at radius 1 is 0.974 bits per heavy atom. The maximum Gasteiger partial charge on any atom is 0.326 e. The number of benzene rings is 2. The van der Waals surface area contributed by atoms with E-state index in [9.17, 15) is 29.4 Å². The molecule has 39 heavy (non-hydrogen) atoms. The molecule has 2 aromatic carbocycles. The lowest BCUT2D eigenvalue weighted by atomic mass is 10.0. The van der Waals surface area contributed by atoms with Crippen molar-refractivity contribution in [3.8, 4) is 0 Å². The number of hydrogen-bond donors (Lipinski definition) is 6. The van der Waals surface area contributed by atoms with E-state index in [0.717, 1.165) is 26.9 Å². The number of aliphatic carboxylic acids is 1. The van der Waals surface area contributed by atoms with E-state index >= 15 is 0 Å². The number of fused-ring (bicyclic) bond motifs is 1. The number of nitrogens with two attached hydrogens (primary N) is 1. The Kier molecular flexibility index (Phi) is 8.95. The number of para-hydroxylation sites is 1. The average Bonchev–Trinajstić information content (AvgIpc) is 3.59. The Balaban J connectivity index is 1.47. The Morgan fingerprint density at radius 2 is 1.67 bits per heavy atom. The molecule has 4 atom stereocenters. The number of hydrogen-bond acceptors (Lipinski definition) is 6. The van der Waals surface area contributed by atoms with E-state index in [-0.39, 0.29) is 19.4 Å². The average molecular weight is 536 g/mol. The van der Waals surface area contributed by atoms with E-state index in [4.69, 9.17) is 5.73 Å². The van der Waals surface area contributed by atoms with Crippen LogP contribution in [0.3, 0.4) is 0 Å². The maximum absolute atomic E-state index is 13.3. The number of carbonyl (C=O) groups excluding carboxylic acids is 3. The summed E-state index contributed by atoms with van der Waals surface area (Å²) in [7, 11) is 0. The molecule has 0 radical (unpaired) electrons. The van der Waals surface area contributed by atoms with Gasteiger partial charge in [0.05, 0.1) is 12.6 Å². The minimum atomic E-state index is -1.35. The molecule has 1 fully saturated rings. The van der Waals surface area contributed by atoms with Gasteiger partial charge in [-0.2, -0.15) is 0 Å². The number of aliphatic hydroxyl groups excluding tert-OH is 1. The van der Waals surface area contributed by atoms with Gasteiger partial charge in [0.1, 0.15) is 18.1 Å². The van der Waals surface area contributed by atoms with E-state index in [1.165, 1.54) is 0 Å². The molecule has 3 aromatic rings. The van der Waals surface area contributed by atoms with E-state index < -0.39 is 54.5 Å². The standard InChI is InChI=1S/C28H33N5O6/c29-20(14-18-15-30-21-10-5-4-9-19(18)21)25(35)31-22(13-17-7-2-1-3-8-17)26(36)32-23(16-34)27(37)33-12-6-11-24(33)28(38)39/h1-5,7-10,15,20,22-24,30,34H,6,11-14,16,29H2,(H,31,35)(H,32,36)(H,38,39). The van der Waals surface area contributed by atoms with Crippen molar-refractivity contribution in [1.29, 1.82) is 0 Å². The lowest BCUT2D eigenvalue weighted by molar-refractivity contribution is -0.150. The number of aromatic amines is 1. The number of aromatic nitrogens is 1. The molecule has 7 N–H and O–H groups in total. The molecule has 1 aliphatic heterocycles. The summed E-state index contributed by atoms with van der Waals surface area (Å²) in [6.07, 6.45) is 2.96. The van der Waals surface area contributed by atoms with Crippen molar-refractivity contribution < 1.29 is 29.4 Å². The monoisotopic (exact) mass is 535 g/mol. The quantitative estimate of drug-likeness (QED) is 0.205. The van der Waals surface area contributed by atoms with Crippen molar-refractivity contribution in [2.24, 2.45) is 5.73 Å². The number of rotatable bonds is 11. The fourth-order valence-electron chi connectivity index (χ4n) is 4.91. The van der Waals surface area contributed by atoms with Crippen LogP contribution in [-0.4, -0.2) is 81.1 Å². The number of likely N-dealkylation sites (tertiary alicyclic amines) is 1.